The van der Waals surface area contributed by atoms with Crippen LogP contribution in [-0.4, -0.2) is 40.1 Å². The fourth-order valence-electron chi connectivity index (χ4n) is 2.28. The summed E-state index contributed by atoms with van der Waals surface area (Å²) in [6, 6.07) is 1.43. The molecular weight excluding hydrogens is 232 g/mol. The number of carbonyl (C=O) groups is 1. The SMILES string of the molecule is Cc1cc(=O)c(C(=O)N2CCC(C(C)O)C2)c[nH]1. The van der Waals surface area contributed by atoms with Crippen molar-refractivity contribution in [1.82, 2.24) is 9.88 Å². The van der Waals surface area contributed by atoms with E-state index < -0.39 is 6.10 Å². The topological polar surface area (TPSA) is 73.4 Å². The summed E-state index contributed by atoms with van der Waals surface area (Å²) >= 11 is 0. The Morgan fingerprint density at radius 1 is 1.61 bits per heavy atom. The Kier molecular flexibility index (Phi) is 3.52. The third kappa shape index (κ3) is 2.46. The zero-order valence-electron chi connectivity index (χ0n) is 10.6. The maximum absolute atomic E-state index is 12.2. The molecule has 1 aliphatic rings. The quantitative estimate of drug-likeness (QED) is 0.804. The van der Waals surface area contributed by atoms with Gasteiger partial charge in [-0.2, -0.15) is 0 Å². The van der Waals surface area contributed by atoms with Crippen molar-refractivity contribution < 1.29 is 9.90 Å². The molecule has 1 fully saturated rings. The van der Waals surface area contributed by atoms with E-state index in [-0.39, 0.29) is 22.8 Å². The minimum atomic E-state index is -0.417. The van der Waals surface area contributed by atoms with Gasteiger partial charge in [-0.3, -0.25) is 9.59 Å². The summed E-state index contributed by atoms with van der Waals surface area (Å²) in [6.45, 7) is 4.62. The number of aryl methyl sites for hydroxylation is 1. The minimum absolute atomic E-state index is 0.110. The number of hydrogen-bond acceptors (Lipinski definition) is 3. The van der Waals surface area contributed by atoms with Crippen molar-refractivity contribution >= 4 is 5.91 Å². The fourth-order valence-corrected chi connectivity index (χ4v) is 2.28. The van der Waals surface area contributed by atoms with Crippen molar-refractivity contribution in [3.63, 3.8) is 0 Å². The first-order valence-corrected chi connectivity index (χ1v) is 6.15. The van der Waals surface area contributed by atoms with Crippen LogP contribution in [0, 0.1) is 12.8 Å². The lowest BCUT2D eigenvalue weighted by atomic mass is 10.0. The average Bonchev–Trinajstić information content (AvgIpc) is 2.77. The van der Waals surface area contributed by atoms with Crippen LogP contribution in [0.3, 0.4) is 0 Å². The molecule has 0 aromatic carbocycles. The van der Waals surface area contributed by atoms with Gasteiger partial charge in [0.2, 0.25) is 0 Å². The second-order valence-electron chi connectivity index (χ2n) is 4.93. The molecule has 98 valence electrons. The standard InChI is InChI=1S/C13H18N2O3/c1-8-5-12(17)11(6-14-8)13(18)15-4-3-10(7-15)9(2)16/h5-6,9-10,16H,3-4,7H2,1-2H3,(H,14,17). The van der Waals surface area contributed by atoms with E-state index in [1.807, 2.05) is 0 Å². The molecule has 1 aliphatic heterocycles. The molecule has 2 N–H and O–H groups in total. The van der Waals surface area contributed by atoms with E-state index in [1.165, 1.54) is 12.3 Å². The third-order valence-corrected chi connectivity index (χ3v) is 3.48. The molecule has 2 rings (SSSR count). The van der Waals surface area contributed by atoms with E-state index in [0.29, 0.717) is 13.1 Å². The predicted octanol–water partition coefficient (Wildman–Crippen LogP) is 0.526. The number of rotatable bonds is 2. The smallest absolute Gasteiger partial charge is 0.259 e. The number of nitrogens with zero attached hydrogens (tertiary/aromatic N) is 1. The van der Waals surface area contributed by atoms with Crippen LogP contribution in [0.2, 0.25) is 0 Å². The second kappa shape index (κ2) is 4.94. The Morgan fingerprint density at radius 3 is 2.89 bits per heavy atom. The number of carbonyl (C=O) groups excluding carboxylic acids is 1. The third-order valence-electron chi connectivity index (χ3n) is 3.48. The lowest BCUT2D eigenvalue weighted by molar-refractivity contribution is 0.0761. The number of hydrogen-bond donors (Lipinski definition) is 2. The number of nitrogens with one attached hydrogen (secondary N) is 1. The molecule has 1 aromatic rings. The van der Waals surface area contributed by atoms with Crippen molar-refractivity contribution in [2.24, 2.45) is 5.92 Å². The first kappa shape index (κ1) is 12.8. The molecule has 0 radical (unpaired) electrons. The largest absolute Gasteiger partial charge is 0.393 e. The van der Waals surface area contributed by atoms with Crippen LogP contribution in [0.25, 0.3) is 0 Å². The molecule has 1 saturated heterocycles. The highest BCUT2D eigenvalue weighted by molar-refractivity contribution is 5.94. The molecule has 5 nitrogen and oxygen atoms in total. The van der Waals surface area contributed by atoms with Gasteiger partial charge >= 0.3 is 0 Å². The highest BCUT2D eigenvalue weighted by Gasteiger charge is 2.30. The van der Waals surface area contributed by atoms with Gasteiger partial charge in [-0.15, -0.1) is 0 Å². The average molecular weight is 250 g/mol. The number of H-pyrrole nitrogens is 1. The van der Waals surface area contributed by atoms with Gasteiger partial charge in [0.25, 0.3) is 5.91 Å². The van der Waals surface area contributed by atoms with E-state index in [0.717, 1.165) is 12.1 Å². The Morgan fingerprint density at radius 2 is 2.33 bits per heavy atom. The van der Waals surface area contributed by atoms with Crippen LogP contribution in [0.4, 0.5) is 0 Å². The lowest BCUT2D eigenvalue weighted by Gasteiger charge is -2.17. The van der Waals surface area contributed by atoms with Crippen LogP contribution in [0.5, 0.6) is 0 Å². The Bertz CT molecular complexity index is 507. The van der Waals surface area contributed by atoms with Gasteiger partial charge in [0.1, 0.15) is 5.56 Å². The Hall–Kier alpha value is -1.62. The van der Waals surface area contributed by atoms with Gasteiger partial charge < -0.3 is 15.0 Å². The van der Waals surface area contributed by atoms with Crippen molar-refractivity contribution in [2.75, 3.05) is 13.1 Å². The Labute approximate surface area is 105 Å². The maximum Gasteiger partial charge on any atom is 0.259 e. The molecule has 0 saturated carbocycles. The molecule has 2 atom stereocenters. The van der Waals surface area contributed by atoms with Gasteiger partial charge in [-0.25, -0.2) is 0 Å². The summed E-state index contributed by atoms with van der Waals surface area (Å²) in [5.41, 5.74) is 0.656. The van der Waals surface area contributed by atoms with Crippen molar-refractivity contribution in [2.45, 2.75) is 26.4 Å². The number of aliphatic hydroxyl groups excluding tert-OH is 1. The highest BCUT2D eigenvalue weighted by atomic mass is 16.3. The van der Waals surface area contributed by atoms with E-state index in [2.05, 4.69) is 4.98 Å². The number of aromatic nitrogens is 1. The first-order valence-electron chi connectivity index (χ1n) is 6.15. The first-order chi connectivity index (χ1) is 8.49. The monoisotopic (exact) mass is 250 g/mol. The normalized spacial score (nSPS) is 21.1. The zero-order valence-corrected chi connectivity index (χ0v) is 10.6. The molecule has 2 heterocycles. The zero-order chi connectivity index (χ0) is 13.3. The second-order valence-corrected chi connectivity index (χ2v) is 4.93. The summed E-state index contributed by atoms with van der Waals surface area (Å²) in [5, 5.41) is 9.51. The van der Waals surface area contributed by atoms with Crippen LogP contribution < -0.4 is 5.43 Å². The lowest BCUT2D eigenvalue weighted by Crippen LogP contribution is -2.33. The number of likely N-dealkylation sites (tertiary alicyclic amines) is 1. The van der Waals surface area contributed by atoms with Gasteiger partial charge in [0, 0.05) is 37.0 Å². The summed E-state index contributed by atoms with van der Waals surface area (Å²) < 4.78 is 0. The van der Waals surface area contributed by atoms with Gasteiger partial charge in [0.15, 0.2) is 5.43 Å². The molecule has 5 heteroatoms. The summed E-state index contributed by atoms with van der Waals surface area (Å²) in [4.78, 5) is 28.4. The molecule has 2 unspecified atom stereocenters. The molecule has 1 aromatic heterocycles. The van der Waals surface area contributed by atoms with Crippen LogP contribution in [-0.2, 0) is 0 Å². The van der Waals surface area contributed by atoms with Crippen LogP contribution >= 0.6 is 0 Å². The van der Waals surface area contributed by atoms with Crippen LogP contribution in [0.1, 0.15) is 29.4 Å². The molecular formula is C13H18N2O3. The molecule has 0 bridgehead atoms. The maximum atomic E-state index is 12.2. The van der Waals surface area contributed by atoms with Gasteiger partial charge in [-0.1, -0.05) is 0 Å². The van der Waals surface area contributed by atoms with E-state index >= 15 is 0 Å². The highest BCUT2D eigenvalue weighted by Crippen LogP contribution is 2.20. The summed E-state index contributed by atoms with van der Waals surface area (Å²) in [7, 11) is 0. The minimum Gasteiger partial charge on any atom is -0.393 e. The number of aliphatic hydroxyl groups is 1. The molecule has 1 amide bonds. The van der Waals surface area contributed by atoms with Gasteiger partial charge in [-0.05, 0) is 20.3 Å². The number of pyridine rings is 1. The van der Waals surface area contributed by atoms with E-state index in [9.17, 15) is 14.7 Å². The van der Waals surface area contributed by atoms with E-state index in [1.54, 1.807) is 18.7 Å². The fraction of sp³-hybridized carbons (Fsp3) is 0.538. The number of amides is 1. The number of aromatic amines is 1. The molecule has 0 spiro atoms. The van der Waals surface area contributed by atoms with Crippen LogP contribution in [0.15, 0.2) is 17.1 Å². The summed E-state index contributed by atoms with van der Waals surface area (Å²) in [5.74, 6) is -0.141. The van der Waals surface area contributed by atoms with E-state index in [4.69, 9.17) is 0 Å². The van der Waals surface area contributed by atoms with Gasteiger partial charge in [0.05, 0.1) is 6.10 Å². The van der Waals surface area contributed by atoms with Crippen molar-refractivity contribution in [1.29, 1.82) is 0 Å². The molecule has 0 aliphatic carbocycles. The molecule has 18 heavy (non-hydrogen) atoms. The Balaban J connectivity index is 2.15. The summed E-state index contributed by atoms with van der Waals surface area (Å²) in [6.07, 6.45) is 1.84. The van der Waals surface area contributed by atoms with Crippen molar-refractivity contribution in [3.8, 4) is 0 Å². The predicted molar refractivity (Wildman–Crippen MR) is 67.5 cm³/mol. The van der Waals surface area contributed by atoms with Crippen molar-refractivity contribution in [3.05, 3.63) is 33.7 Å².